The largest absolute Gasteiger partial charge is 0.437 e. The first-order valence-corrected chi connectivity index (χ1v) is 5.60. The lowest BCUT2D eigenvalue weighted by atomic mass is 9.96. The van der Waals surface area contributed by atoms with E-state index in [1.54, 1.807) is 0 Å². The van der Waals surface area contributed by atoms with Crippen molar-refractivity contribution in [2.24, 2.45) is 5.73 Å². The highest BCUT2D eigenvalue weighted by molar-refractivity contribution is 4.79. The van der Waals surface area contributed by atoms with E-state index in [2.05, 4.69) is 5.10 Å². The molecule has 5 nitrogen and oxygen atoms in total. The van der Waals surface area contributed by atoms with Crippen molar-refractivity contribution < 1.29 is 4.42 Å². The van der Waals surface area contributed by atoms with Crippen molar-refractivity contribution in [2.75, 3.05) is 6.54 Å². The van der Waals surface area contributed by atoms with Crippen molar-refractivity contribution in [3.05, 3.63) is 16.4 Å². The maximum absolute atomic E-state index is 11.5. The van der Waals surface area contributed by atoms with Gasteiger partial charge in [-0.2, -0.15) is 4.68 Å². The van der Waals surface area contributed by atoms with Crippen molar-refractivity contribution in [2.45, 2.75) is 44.6 Å². The summed E-state index contributed by atoms with van der Waals surface area (Å²) in [5, 5.41) is 4.18. The van der Waals surface area contributed by atoms with Crippen LogP contribution in [0.5, 0.6) is 0 Å². The highest BCUT2D eigenvalue weighted by atomic mass is 16.4. The van der Waals surface area contributed by atoms with Crippen LogP contribution in [0.2, 0.25) is 0 Å². The predicted octanol–water partition coefficient (Wildman–Crippen LogP) is 0.843. The predicted molar refractivity (Wildman–Crippen MR) is 55.6 cm³/mol. The van der Waals surface area contributed by atoms with E-state index in [9.17, 15) is 4.79 Å². The van der Waals surface area contributed by atoms with Gasteiger partial charge in [-0.3, -0.25) is 0 Å². The zero-order valence-corrected chi connectivity index (χ0v) is 8.82. The Kier molecular flexibility index (Phi) is 3.20. The van der Waals surface area contributed by atoms with Gasteiger partial charge in [0.05, 0.1) is 6.04 Å². The molecule has 1 heterocycles. The van der Waals surface area contributed by atoms with Crippen molar-refractivity contribution in [3.63, 3.8) is 0 Å². The molecular formula is C10H17N3O2. The minimum atomic E-state index is -0.328. The summed E-state index contributed by atoms with van der Waals surface area (Å²) in [5.41, 5.74) is 5.39. The van der Waals surface area contributed by atoms with Crippen molar-refractivity contribution in [1.29, 1.82) is 0 Å². The SMILES string of the molecule is NCCc1nn(C2CCCCC2)c(=O)o1. The first-order valence-electron chi connectivity index (χ1n) is 5.60. The summed E-state index contributed by atoms with van der Waals surface area (Å²) < 4.78 is 6.53. The molecule has 2 rings (SSSR count). The van der Waals surface area contributed by atoms with Crippen LogP contribution in [-0.2, 0) is 6.42 Å². The van der Waals surface area contributed by atoms with Gasteiger partial charge in [0.15, 0.2) is 0 Å². The Morgan fingerprint density at radius 1 is 1.40 bits per heavy atom. The fourth-order valence-electron chi connectivity index (χ4n) is 2.11. The highest BCUT2D eigenvalue weighted by Crippen LogP contribution is 2.26. The second-order valence-electron chi connectivity index (χ2n) is 4.04. The van der Waals surface area contributed by atoms with Crippen molar-refractivity contribution in [1.82, 2.24) is 9.78 Å². The van der Waals surface area contributed by atoms with Crippen LogP contribution in [0.25, 0.3) is 0 Å². The van der Waals surface area contributed by atoms with E-state index in [-0.39, 0.29) is 11.8 Å². The molecule has 1 aromatic rings. The van der Waals surface area contributed by atoms with E-state index >= 15 is 0 Å². The fraction of sp³-hybridized carbons (Fsp3) is 0.800. The fourth-order valence-corrected chi connectivity index (χ4v) is 2.11. The molecule has 0 spiro atoms. The molecule has 0 bridgehead atoms. The van der Waals surface area contributed by atoms with Crippen LogP contribution in [0.3, 0.4) is 0 Å². The topological polar surface area (TPSA) is 74.0 Å². The standard InChI is InChI=1S/C10H17N3O2/c11-7-6-9-12-13(10(14)15-9)8-4-2-1-3-5-8/h8H,1-7,11H2. The lowest BCUT2D eigenvalue weighted by Crippen LogP contribution is -2.23. The average Bonchev–Trinajstić information content (AvgIpc) is 2.61. The molecule has 0 aliphatic heterocycles. The summed E-state index contributed by atoms with van der Waals surface area (Å²) >= 11 is 0. The molecule has 0 amide bonds. The molecule has 5 heteroatoms. The third kappa shape index (κ3) is 2.28. The number of nitrogens with zero attached hydrogens (tertiary/aromatic N) is 2. The van der Waals surface area contributed by atoms with Gasteiger partial charge in [-0.05, 0) is 12.8 Å². The normalized spacial score (nSPS) is 18.2. The van der Waals surface area contributed by atoms with Gasteiger partial charge in [-0.1, -0.05) is 19.3 Å². The van der Waals surface area contributed by atoms with Gasteiger partial charge < -0.3 is 10.2 Å². The Morgan fingerprint density at radius 3 is 2.80 bits per heavy atom. The van der Waals surface area contributed by atoms with Gasteiger partial charge in [0, 0.05) is 13.0 Å². The summed E-state index contributed by atoms with van der Waals surface area (Å²) in [6, 6.07) is 0.238. The third-order valence-corrected chi connectivity index (χ3v) is 2.89. The van der Waals surface area contributed by atoms with Crippen LogP contribution in [0.15, 0.2) is 9.21 Å². The maximum atomic E-state index is 11.5. The summed E-state index contributed by atoms with van der Waals surface area (Å²) in [7, 11) is 0. The Hall–Kier alpha value is -1.10. The molecule has 84 valence electrons. The van der Waals surface area contributed by atoms with Crippen LogP contribution >= 0.6 is 0 Å². The molecule has 0 radical (unpaired) electrons. The molecule has 2 N–H and O–H groups in total. The lowest BCUT2D eigenvalue weighted by Gasteiger charge is -2.19. The number of hydrogen-bond donors (Lipinski definition) is 1. The van der Waals surface area contributed by atoms with Gasteiger partial charge >= 0.3 is 5.76 Å². The summed E-state index contributed by atoms with van der Waals surface area (Å²) in [6.45, 7) is 0.463. The molecule has 1 aromatic heterocycles. The van der Waals surface area contributed by atoms with E-state index in [4.69, 9.17) is 10.2 Å². The molecule has 0 saturated heterocycles. The Labute approximate surface area is 88.3 Å². The van der Waals surface area contributed by atoms with Gasteiger partial charge in [0.1, 0.15) is 0 Å². The minimum absolute atomic E-state index is 0.238. The molecule has 15 heavy (non-hydrogen) atoms. The van der Waals surface area contributed by atoms with Crippen molar-refractivity contribution in [3.8, 4) is 0 Å². The number of aromatic nitrogens is 2. The van der Waals surface area contributed by atoms with E-state index in [0.29, 0.717) is 18.9 Å². The monoisotopic (exact) mass is 211 g/mol. The van der Waals surface area contributed by atoms with Crippen LogP contribution in [0.1, 0.15) is 44.0 Å². The highest BCUT2D eigenvalue weighted by Gasteiger charge is 2.20. The first-order chi connectivity index (χ1) is 7.31. The van der Waals surface area contributed by atoms with E-state index < -0.39 is 0 Å². The van der Waals surface area contributed by atoms with Crippen LogP contribution in [-0.4, -0.2) is 16.3 Å². The Morgan fingerprint density at radius 2 is 2.13 bits per heavy atom. The second kappa shape index (κ2) is 4.61. The van der Waals surface area contributed by atoms with Crippen LogP contribution in [0, 0.1) is 0 Å². The summed E-state index contributed by atoms with van der Waals surface area (Å²) in [4.78, 5) is 11.5. The Bertz CT molecular complexity index is 363. The number of nitrogens with two attached hydrogens (primary N) is 1. The molecule has 1 aliphatic carbocycles. The Balaban J connectivity index is 2.15. The van der Waals surface area contributed by atoms with E-state index in [1.807, 2.05) is 0 Å². The zero-order valence-electron chi connectivity index (χ0n) is 8.82. The van der Waals surface area contributed by atoms with E-state index in [1.165, 1.54) is 23.9 Å². The molecule has 1 aliphatic rings. The minimum Gasteiger partial charge on any atom is -0.392 e. The van der Waals surface area contributed by atoms with Crippen LogP contribution in [0.4, 0.5) is 0 Å². The van der Waals surface area contributed by atoms with Crippen LogP contribution < -0.4 is 11.5 Å². The van der Waals surface area contributed by atoms with Crippen molar-refractivity contribution >= 4 is 0 Å². The number of hydrogen-bond acceptors (Lipinski definition) is 4. The van der Waals surface area contributed by atoms with Gasteiger partial charge in [-0.15, -0.1) is 5.10 Å². The summed E-state index contributed by atoms with van der Waals surface area (Å²) in [5.74, 6) is 0.137. The molecule has 1 fully saturated rings. The molecular weight excluding hydrogens is 194 g/mol. The van der Waals surface area contributed by atoms with Gasteiger partial charge in [0.25, 0.3) is 0 Å². The average molecular weight is 211 g/mol. The third-order valence-electron chi connectivity index (χ3n) is 2.89. The zero-order chi connectivity index (χ0) is 10.7. The van der Waals surface area contributed by atoms with Gasteiger partial charge in [0.2, 0.25) is 5.89 Å². The van der Waals surface area contributed by atoms with Gasteiger partial charge in [-0.25, -0.2) is 4.79 Å². The summed E-state index contributed by atoms with van der Waals surface area (Å²) in [6.07, 6.45) is 6.23. The smallest absolute Gasteiger partial charge is 0.392 e. The molecule has 0 unspecified atom stereocenters. The van der Waals surface area contributed by atoms with E-state index in [0.717, 1.165) is 12.8 Å². The maximum Gasteiger partial charge on any atom is 0.437 e. The molecule has 0 atom stereocenters. The molecule has 0 aromatic carbocycles. The quantitative estimate of drug-likeness (QED) is 0.804. The first kappa shape index (κ1) is 10.4. The lowest BCUT2D eigenvalue weighted by molar-refractivity contribution is 0.310. The molecule has 1 saturated carbocycles. The number of rotatable bonds is 3. The second-order valence-corrected chi connectivity index (χ2v) is 4.04.